The van der Waals surface area contributed by atoms with Gasteiger partial charge in [0.1, 0.15) is 16.6 Å². The van der Waals surface area contributed by atoms with Crippen LogP contribution in [0.15, 0.2) is 17.2 Å². The summed E-state index contributed by atoms with van der Waals surface area (Å²) >= 11 is 0. The number of ether oxygens (including phenoxy) is 1. The van der Waals surface area contributed by atoms with Gasteiger partial charge in [-0.25, -0.2) is 8.42 Å². The van der Waals surface area contributed by atoms with Crippen molar-refractivity contribution in [3.63, 3.8) is 0 Å². The Morgan fingerprint density at radius 1 is 1.29 bits per heavy atom. The number of carbonyl (C=O) groups is 2. The molecule has 0 spiro atoms. The van der Waals surface area contributed by atoms with Gasteiger partial charge in [0.15, 0.2) is 0 Å². The zero-order valence-electron chi connectivity index (χ0n) is 13.3. The quantitative estimate of drug-likeness (QED) is 0.674. The number of hydrogen-bond donors (Lipinski definition) is 1. The Hall–Kier alpha value is -1.91. The highest BCUT2D eigenvalue weighted by molar-refractivity contribution is 7.89. The minimum atomic E-state index is -3.70. The normalized spacial score (nSPS) is 23.4. The molecule has 0 aliphatic carbocycles. The molecule has 2 fully saturated rings. The first-order valence-electron chi connectivity index (χ1n) is 7.67. The van der Waals surface area contributed by atoms with Crippen molar-refractivity contribution in [1.29, 1.82) is 0 Å². The van der Waals surface area contributed by atoms with Crippen LogP contribution in [0.1, 0.15) is 16.9 Å². The number of amides is 1. The number of aryl methyl sites for hydroxylation is 1. The lowest BCUT2D eigenvalue weighted by atomic mass is 10.2. The van der Waals surface area contributed by atoms with E-state index in [2.05, 4.69) is 0 Å². The van der Waals surface area contributed by atoms with Crippen molar-refractivity contribution in [1.82, 2.24) is 13.8 Å². The van der Waals surface area contributed by atoms with E-state index in [9.17, 15) is 18.0 Å². The topological polar surface area (TPSA) is 115 Å². The molecule has 2 saturated heterocycles. The lowest BCUT2D eigenvalue weighted by molar-refractivity contribution is -0.142. The van der Waals surface area contributed by atoms with Crippen LogP contribution in [-0.4, -0.2) is 72.9 Å². The van der Waals surface area contributed by atoms with Crippen molar-refractivity contribution in [3.05, 3.63) is 18.0 Å². The van der Waals surface area contributed by atoms with Gasteiger partial charge in [0, 0.05) is 45.8 Å². The maximum atomic E-state index is 12.7. The van der Waals surface area contributed by atoms with Crippen LogP contribution in [0.5, 0.6) is 0 Å². The van der Waals surface area contributed by atoms with E-state index in [0.29, 0.717) is 26.1 Å². The summed E-state index contributed by atoms with van der Waals surface area (Å²) in [5, 5.41) is 0. The minimum Gasteiger partial charge on any atom is -0.464 e. The van der Waals surface area contributed by atoms with Crippen LogP contribution in [-0.2, 0) is 26.6 Å². The van der Waals surface area contributed by atoms with Gasteiger partial charge in [-0.1, -0.05) is 0 Å². The highest BCUT2D eigenvalue weighted by Gasteiger charge is 2.37. The van der Waals surface area contributed by atoms with Crippen molar-refractivity contribution >= 4 is 21.9 Å². The first-order valence-corrected chi connectivity index (χ1v) is 9.11. The number of rotatable bonds is 4. The van der Waals surface area contributed by atoms with E-state index in [0.717, 1.165) is 0 Å². The van der Waals surface area contributed by atoms with Crippen molar-refractivity contribution in [3.8, 4) is 0 Å². The molecule has 0 aromatic carbocycles. The average Bonchev–Trinajstić information content (AvgIpc) is 3.13. The number of cyclic esters (lactones) is 1. The molecule has 3 heterocycles. The summed E-state index contributed by atoms with van der Waals surface area (Å²) in [5.41, 5.74) is 5.37. The first kappa shape index (κ1) is 16.9. The fourth-order valence-electron chi connectivity index (χ4n) is 3.14. The zero-order valence-corrected chi connectivity index (χ0v) is 14.2. The predicted octanol–water partition coefficient (Wildman–Crippen LogP) is -1.25. The summed E-state index contributed by atoms with van der Waals surface area (Å²) in [6.45, 7) is 1.92. The van der Waals surface area contributed by atoms with Crippen LogP contribution in [0.25, 0.3) is 0 Å². The summed E-state index contributed by atoms with van der Waals surface area (Å²) in [6.07, 6.45) is 2.03. The van der Waals surface area contributed by atoms with Crippen LogP contribution in [0.3, 0.4) is 0 Å². The molecule has 9 nitrogen and oxygen atoms in total. The van der Waals surface area contributed by atoms with E-state index in [1.54, 1.807) is 7.05 Å². The number of nitrogens with two attached hydrogens (primary N) is 1. The number of nitrogens with zero attached hydrogens (tertiary/aromatic N) is 3. The van der Waals surface area contributed by atoms with Crippen molar-refractivity contribution in [2.24, 2.45) is 12.8 Å². The van der Waals surface area contributed by atoms with Gasteiger partial charge in [-0.2, -0.15) is 4.31 Å². The van der Waals surface area contributed by atoms with Crippen LogP contribution in [0, 0.1) is 0 Å². The molecule has 24 heavy (non-hydrogen) atoms. The van der Waals surface area contributed by atoms with E-state index < -0.39 is 15.9 Å². The SMILES string of the molecule is Cn1cc(S(=O)(=O)N2CCN(C3CCOC3=O)CC2)cc1C(N)=O. The lowest BCUT2D eigenvalue weighted by Gasteiger charge is -2.35. The van der Waals surface area contributed by atoms with E-state index in [1.807, 2.05) is 4.90 Å². The second kappa shape index (κ2) is 6.19. The molecule has 1 aromatic heterocycles. The molecule has 2 aliphatic rings. The Bertz CT molecular complexity index is 764. The molecule has 10 heteroatoms. The van der Waals surface area contributed by atoms with Gasteiger partial charge in [0.25, 0.3) is 5.91 Å². The van der Waals surface area contributed by atoms with Crippen LogP contribution < -0.4 is 5.73 Å². The zero-order chi connectivity index (χ0) is 17.5. The van der Waals surface area contributed by atoms with Gasteiger partial charge in [0.2, 0.25) is 10.0 Å². The van der Waals surface area contributed by atoms with Crippen LogP contribution >= 0.6 is 0 Å². The third-order valence-corrected chi connectivity index (χ3v) is 6.36. The van der Waals surface area contributed by atoms with Crippen LogP contribution in [0.2, 0.25) is 0 Å². The fourth-order valence-corrected chi connectivity index (χ4v) is 4.64. The molecule has 0 saturated carbocycles. The van der Waals surface area contributed by atoms with Gasteiger partial charge in [-0.3, -0.25) is 14.5 Å². The molecule has 1 unspecified atom stereocenters. The number of piperazine rings is 1. The number of aromatic nitrogens is 1. The molecule has 0 radical (unpaired) electrons. The summed E-state index contributed by atoms with van der Waals surface area (Å²) in [7, 11) is -2.12. The molecule has 2 N–H and O–H groups in total. The Kier molecular flexibility index (Phi) is 4.37. The average molecular weight is 356 g/mol. The van der Waals surface area contributed by atoms with E-state index in [1.165, 1.54) is 21.1 Å². The number of sulfonamides is 1. The van der Waals surface area contributed by atoms with Crippen LogP contribution in [0.4, 0.5) is 0 Å². The monoisotopic (exact) mass is 356 g/mol. The second-order valence-electron chi connectivity index (χ2n) is 5.95. The largest absolute Gasteiger partial charge is 0.464 e. The number of primary amides is 1. The Morgan fingerprint density at radius 2 is 1.96 bits per heavy atom. The van der Waals surface area contributed by atoms with Crippen molar-refractivity contribution in [2.45, 2.75) is 17.4 Å². The maximum absolute atomic E-state index is 12.7. The summed E-state index contributed by atoms with van der Waals surface area (Å²) < 4.78 is 33.2. The molecule has 1 aromatic rings. The third-order valence-electron chi connectivity index (χ3n) is 4.49. The molecule has 2 aliphatic heterocycles. The summed E-state index contributed by atoms with van der Waals surface area (Å²) in [4.78, 5) is 24.9. The second-order valence-corrected chi connectivity index (χ2v) is 7.89. The number of carbonyl (C=O) groups excluding carboxylic acids is 2. The van der Waals surface area contributed by atoms with Gasteiger partial charge in [-0.05, 0) is 6.07 Å². The van der Waals surface area contributed by atoms with E-state index in [4.69, 9.17) is 10.5 Å². The van der Waals surface area contributed by atoms with Gasteiger partial charge in [0.05, 0.1) is 6.61 Å². The van der Waals surface area contributed by atoms with E-state index in [-0.39, 0.29) is 35.7 Å². The maximum Gasteiger partial charge on any atom is 0.323 e. The number of esters is 1. The van der Waals surface area contributed by atoms with E-state index >= 15 is 0 Å². The predicted molar refractivity (Wildman–Crippen MR) is 83.6 cm³/mol. The molecule has 1 amide bonds. The Balaban J connectivity index is 1.72. The fraction of sp³-hybridized carbons (Fsp3) is 0.571. The highest BCUT2D eigenvalue weighted by Crippen LogP contribution is 2.22. The smallest absolute Gasteiger partial charge is 0.323 e. The summed E-state index contributed by atoms with van der Waals surface area (Å²) in [6, 6.07) is 1.02. The number of hydrogen-bond acceptors (Lipinski definition) is 6. The molecular formula is C14H20N4O5S. The third kappa shape index (κ3) is 2.92. The first-order chi connectivity index (χ1) is 11.3. The van der Waals surface area contributed by atoms with Gasteiger partial charge < -0.3 is 15.0 Å². The van der Waals surface area contributed by atoms with Crippen molar-refractivity contribution in [2.75, 3.05) is 32.8 Å². The molecule has 1 atom stereocenters. The van der Waals surface area contributed by atoms with Gasteiger partial charge in [-0.15, -0.1) is 0 Å². The molecule has 132 valence electrons. The Labute approximate surface area is 140 Å². The lowest BCUT2D eigenvalue weighted by Crippen LogP contribution is -2.52. The standard InChI is InChI=1S/C14H20N4O5S/c1-16-9-10(8-12(16)13(15)19)24(21,22)18-5-3-17(4-6-18)11-2-7-23-14(11)20/h8-9,11H,2-7H2,1H3,(H2,15,19). The minimum absolute atomic E-state index is 0.0486. The van der Waals surface area contributed by atoms with Gasteiger partial charge >= 0.3 is 5.97 Å². The molecule has 3 rings (SSSR count). The van der Waals surface area contributed by atoms with Crippen molar-refractivity contribution < 1.29 is 22.7 Å². The highest BCUT2D eigenvalue weighted by atomic mass is 32.2. The molecule has 0 bridgehead atoms. The molecular weight excluding hydrogens is 336 g/mol. The Morgan fingerprint density at radius 3 is 2.46 bits per heavy atom. The summed E-state index contributed by atoms with van der Waals surface area (Å²) in [5.74, 6) is -0.913.